The Morgan fingerprint density at radius 3 is 3.13 bits per heavy atom. The van der Waals surface area contributed by atoms with Crippen molar-refractivity contribution >= 4 is 17.2 Å². The van der Waals surface area contributed by atoms with Crippen molar-refractivity contribution in [1.29, 1.82) is 0 Å². The average Bonchev–Trinajstić information content (AvgIpc) is 2.80. The Bertz CT molecular complexity index is 437. The Labute approximate surface area is 92.5 Å². The molecule has 1 N–H and O–H groups in total. The van der Waals surface area contributed by atoms with E-state index in [1.807, 2.05) is 23.6 Å². The van der Waals surface area contributed by atoms with E-state index in [4.69, 9.17) is 0 Å². The van der Waals surface area contributed by atoms with Crippen molar-refractivity contribution in [3.05, 3.63) is 42.6 Å². The molecule has 2 rings (SSSR count). The van der Waals surface area contributed by atoms with Gasteiger partial charge in [-0.25, -0.2) is 9.97 Å². The van der Waals surface area contributed by atoms with Crippen molar-refractivity contribution in [3.63, 3.8) is 0 Å². The van der Waals surface area contributed by atoms with Crippen molar-refractivity contribution in [2.75, 3.05) is 11.9 Å². The first-order valence-corrected chi connectivity index (χ1v) is 5.49. The van der Waals surface area contributed by atoms with Gasteiger partial charge in [0.25, 0.3) is 0 Å². The minimum Gasteiger partial charge on any atom is -0.366 e. The molecule has 3 nitrogen and oxygen atoms in total. The molecule has 76 valence electrons. The molecule has 15 heavy (non-hydrogen) atoms. The molecular weight excluding hydrogens is 206 g/mol. The molecule has 0 bridgehead atoms. The summed E-state index contributed by atoms with van der Waals surface area (Å²) < 4.78 is 0. The van der Waals surface area contributed by atoms with Gasteiger partial charge in [0.2, 0.25) is 0 Å². The number of thiophene rings is 1. The molecule has 0 saturated heterocycles. The highest BCUT2D eigenvalue weighted by molar-refractivity contribution is 7.13. The first-order valence-electron chi connectivity index (χ1n) is 4.61. The number of hydrogen-bond donors (Lipinski definition) is 1. The van der Waals surface area contributed by atoms with E-state index in [0.717, 1.165) is 16.4 Å². The SMILES string of the molecule is C=CCNc1cc(-c2cccs2)ncn1. The molecule has 0 radical (unpaired) electrons. The van der Waals surface area contributed by atoms with Gasteiger partial charge in [-0.15, -0.1) is 17.9 Å². The third-order valence-corrected chi connectivity index (χ3v) is 2.76. The lowest BCUT2D eigenvalue weighted by Gasteiger charge is -2.02. The summed E-state index contributed by atoms with van der Waals surface area (Å²) in [5.74, 6) is 0.827. The number of hydrogen-bond acceptors (Lipinski definition) is 4. The summed E-state index contributed by atoms with van der Waals surface area (Å²) in [7, 11) is 0. The van der Waals surface area contributed by atoms with Crippen molar-refractivity contribution in [2.24, 2.45) is 0 Å². The topological polar surface area (TPSA) is 37.8 Å². The summed E-state index contributed by atoms with van der Waals surface area (Å²) in [5, 5.41) is 5.17. The van der Waals surface area contributed by atoms with Gasteiger partial charge in [-0.1, -0.05) is 12.1 Å². The standard InChI is InChI=1S/C11H11N3S/c1-2-5-12-11-7-9(13-8-14-11)10-4-3-6-15-10/h2-4,6-8H,1,5H2,(H,12,13,14). The number of nitrogens with zero attached hydrogens (tertiary/aromatic N) is 2. The zero-order chi connectivity index (χ0) is 10.5. The summed E-state index contributed by atoms with van der Waals surface area (Å²) >= 11 is 1.67. The molecule has 0 aliphatic carbocycles. The van der Waals surface area contributed by atoms with Crippen LogP contribution in [-0.2, 0) is 0 Å². The normalized spacial score (nSPS) is 9.87. The van der Waals surface area contributed by atoms with Crippen LogP contribution in [0.25, 0.3) is 10.6 Å². The first kappa shape index (κ1) is 9.86. The quantitative estimate of drug-likeness (QED) is 0.800. The minimum absolute atomic E-state index is 0.709. The van der Waals surface area contributed by atoms with Gasteiger partial charge in [0.15, 0.2) is 0 Å². The van der Waals surface area contributed by atoms with Crippen molar-refractivity contribution in [3.8, 4) is 10.6 Å². The Kier molecular flexibility index (Phi) is 3.09. The van der Waals surface area contributed by atoms with Crippen LogP contribution >= 0.6 is 11.3 Å². The summed E-state index contributed by atoms with van der Waals surface area (Å²) in [6, 6.07) is 6.00. The molecular formula is C11H11N3S. The summed E-state index contributed by atoms with van der Waals surface area (Å²) in [5.41, 5.74) is 0.951. The molecule has 0 aliphatic heterocycles. The highest BCUT2D eigenvalue weighted by atomic mass is 32.1. The number of nitrogens with one attached hydrogen (secondary N) is 1. The Morgan fingerprint density at radius 1 is 1.47 bits per heavy atom. The third kappa shape index (κ3) is 2.41. The zero-order valence-corrected chi connectivity index (χ0v) is 9.00. The van der Waals surface area contributed by atoms with Crippen LogP contribution in [0.1, 0.15) is 0 Å². The fourth-order valence-corrected chi connectivity index (χ4v) is 1.88. The molecule has 2 aromatic rings. The molecule has 4 heteroatoms. The number of rotatable bonds is 4. The van der Waals surface area contributed by atoms with Crippen LogP contribution < -0.4 is 5.32 Å². The lowest BCUT2D eigenvalue weighted by Crippen LogP contribution is -2.00. The van der Waals surface area contributed by atoms with Crippen LogP contribution in [0.2, 0.25) is 0 Å². The predicted octanol–water partition coefficient (Wildman–Crippen LogP) is 2.80. The van der Waals surface area contributed by atoms with E-state index in [9.17, 15) is 0 Å². The van der Waals surface area contributed by atoms with E-state index in [0.29, 0.717) is 6.54 Å². The van der Waals surface area contributed by atoms with Crippen LogP contribution in [0.15, 0.2) is 42.6 Å². The third-order valence-electron chi connectivity index (χ3n) is 1.87. The smallest absolute Gasteiger partial charge is 0.130 e. The van der Waals surface area contributed by atoms with Crippen molar-refractivity contribution in [1.82, 2.24) is 9.97 Å². The Balaban J connectivity index is 2.23. The van der Waals surface area contributed by atoms with Gasteiger partial charge in [0, 0.05) is 12.6 Å². The van der Waals surface area contributed by atoms with Gasteiger partial charge in [0.05, 0.1) is 10.6 Å². The Morgan fingerprint density at radius 2 is 2.40 bits per heavy atom. The van der Waals surface area contributed by atoms with Gasteiger partial charge in [-0.05, 0) is 11.4 Å². The van der Waals surface area contributed by atoms with E-state index in [1.165, 1.54) is 0 Å². The lowest BCUT2D eigenvalue weighted by atomic mass is 10.3. The minimum atomic E-state index is 0.709. The summed E-state index contributed by atoms with van der Waals surface area (Å²) in [6.45, 7) is 4.35. The Hall–Kier alpha value is -1.68. The highest BCUT2D eigenvalue weighted by Crippen LogP contribution is 2.23. The molecule has 0 amide bonds. The van der Waals surface area contributed by atoms with Gasteiger partial charge in [0.1, 0.15) is 12.1 Å². The van der Waals surface area contributed by atoms with Gasteiger partial charge < -0.3 is 5.32 Å². The molecule has 0 atom stereocenters. The molecule has 0 fully saturated rings. The van der Waals surface area contributed by atoms with E-state index in [1.54, 1.807) is 23.7 Å². The molecule has 0 aliphatic rings. The zero-order valence-electron chi connectivity index (χ0n) is 8.18. The van der Waals surface area contributed by atoms with Crippen LogP contribution in [0.3, 0.4) is 0 Å². The summed E-state index contributed by atoms with van der Waals surface area (Å²) in [6.07, 6.45) is 3.37. The molecule has 2 heterocycles. The van der Waals surface area contributed by atoms with E-state index in [-0.39, 0.29) is 0 Å². The maximum atomic E-state index is 4.22. The molecule has 2 aromatic heterocycles. The van der Waals surface area contributed by atoms with Crippen LogP contribution in [0, 0.1) is 0 Å². The monoisotopic (exact) mass is 217 g/mol. The largest absolute Gasteiger partial charge is 0.366 e. The molecule has 0 spiro atoms. The number of anilines is 1. The fourth-order valence-electron chi connectivity index (χ4n) is 1.19. The number of aromatic nitrogens is 2. The van der Waals surface area contributed by atoms with Crippen LogP contribution in [-0.4, -0.2) is 16.5 Å². The van der Waals surface area contributed by atoms with E-state index < -0.39 is 0 Å². The van der Waals surface area contributed by atoms with Crippen molar-refractivity contribution in [2.45, 2.75) is 0 Å². The van der Waals surface area contributed by atoms with Gasteiger partial charge in [-0.3, -0.25) is 0 Å². The van der Waals surface area contributed by atoms with Crippen LogP contribution in [0.5, 0.6) is 0 Å². The molecule has 0 unspecified atom stereocenters. The van der Waals surface area contributed by atoms with Crippen molar-refractivity contribution < 1.29 is 0 Å². The highest BCUT2D eigenvalue weighted by Gasteiger charge is 2.01. The fraction of sp³-hybridized carbons (Fsp3) is 0.0909. The second-order valence-electron chi connectivity index (χ2n) is 2.94. The van der Waals surface area contributed by atoms with Gasteiger partial charge >= 0.3 is 0 Å². The second kappa shape index (κ2) is 4.70. The maximum Gasteiger partial charge on any atom is 0.130 e. The maximum absolute atomic E-state index is 4.22. The predicted molar refractivity (Wildman–Crippen MR) is 64.0 cm³/mol. The van der Waals surface area contributed by atoms with Gasteiger partial charge in [-0.2, -0.15) is 0 Å². The molecule has 0 aromatic carbocycles. The van der Waals surface area contributed by atoms with E-state index in [2.05, 4.69) is 21.9 Å². The summed E-state index contributed by atoms with van der Waals surface area (Å²) in [4.78, 5) is 9.50. The lowest BCUT2D eigenvalue weighted by molar-refractivity contribution is 1.15. The average molecular weight is 217 g/mol. The first-order chi connectivity index (χ1) is 7.40. The van der Waals surface area contributed by atoms with E-state index >= 15 is 0 Å². The van der Waals surface area contributed by atoms with Crippen LogP contribution in [0.4, 0.5) is 5.82 Å². The second-order valence-corrected chi connectivity index (χ2v) is 3.88. The molecule has 0 saturated carbocycles.